The van der Waals surface area contributed by atoms with Crippen LogP contribution in [0.5, 0.6) is 5.88 Å². The second-order valence-electron chi connectivity index (χ2n) is 7.59. The molecule has 0 saturated heterocycles. The molecule has 0 unspecified atom stereocenters. The van der Waals surface area contributed by atoms with E-state index in [2.05, 4.69) is 4.98 Å². The van der Waals surface area contributed by atoms with Gasteiger partial charge in [0.1, 0.15) is 17.3 Å². The van der Waals surface area contributed by atoms with Crippen molar-refractivity contribution >= 4 is 5.65 Å². The van der Waals surface area contributed by atoms with Crippen molar-refractivity contribution in [1.29, 1.82) is 0 Å². The third-order valence-electron chi connectivity index (χ3n) is 5.38. The maximum atomic E-state index is 14.2. The number of hydrogen-bond acceptors (Lipinski definition) is 3. The Bertz CT molecular complexity index is 1400. The molecule has 0 radical (unpaired) electrons. The molecule has 1 N–H and O–H groups in total. The highest BCUT2D eigenvalue weighted by Gasteiger charge is 2.19. The van der Waals surface area contributed by atoms with Crippen molar-refractivity contribution in [3.8, 4) is 17.1 Å². The first-order valence-electron chi connectivity index (χ1n) is 10.2. The van der Waals surface area contributed by atoms with Gasteiger partial charge in [0.05, 0.1) is 11.4 Å². The maximum Gasteiger partial charge on any atom is 0.219 e. The van der Waals surface area contributed by atoms with Gasteiger partial charge in [0.25, 0.3) is 0 Å². The fourth-order valence-electron chi connectivity index (χ4n) is 3.76. The summed E-state index contributed by atoms with van der Waals surface area (Å²) in [6, 6.07) is 22.9. The topological polar surface area (TPSA) is 50.4 Å². The minimum absolute atomic E-state index is 0.0328. The Balaban J connectivity index is 1.65. The molecule has 0 saturated carbocycles. The van der Waals surface area contributed by atoms with Crippen LogP contribution in [0.25, 0.3) is 16.9 Å². The molecule has 4 nitrogen and oxygen atoms in total. The number of benzene rings is 3. The Morgan fingerprint density at radius 2 is 1.50 bits per heavy atom. The Hall–Kier alpha value is -4.06. The molecule has 0 aliphatic rings. The first-order valence-corrected chi connectivity index (χ1v) is 10.2. The molecular formula is C26H19F2N3O. The van der Waals surface area contributed by atoms with E-state index in [9.17, 15) is 13.9 Å². The smallest absolute Gasteiger partial charge is 0.219 e. The molecule has 0 aliphatic heterocycles. The molecule has 5 rings (SSSR count). The zero-order valence-electron chi connectivity index (χ0n) is 17.0. The van der Waals surface area contributed by atoms with Crippen LogP contribution in [0.2, 0.25) is 0 Å². The van der Waals surface area contributed by atoms with Gasteiger partial charge < -0.3 is 5.11 Å². The summed E-state index contributed by atoms with van der Waals surface area (Å²) in [5, 5.41) is 10.9. The fraction of sp³-hybridized carbons (Fsp3) is 0.0769. The van der Waals surface area contributed by atoms with Crippen LogP contribution in [0.15, 0.2) is 85.1 Å². The van der Waals surface area contributed by atoms with E-state index in [0.29, 0.717) is 29.1 Å². The van der Waals surface area contributed by atoms with E-state index in [1.54, 1.807) is 10.6 Å². The van der Waals surface area contributed by atoms with Crippen molar-refractivity contribution < 1.29 is 13.9 Å². The third kappa shape index (κ3) is 3.83. The summed E-state index contributed by atoms with van der Waals surface area (Å²) < 4.78 is 29.1. The number of aromatic nitrogens is 3. The molecule has 158 valence electrons. The molecule has 5 aromatic rings. The van der Waals surface area contributed by atoms with E-state index in [1.165, 1.54) is 12.1 Å². The first-order chi connectivity index (χ1) is 15.6. The van der Waals surface area contributed by atoms with Crippen LogP contribution >= 0.6 is 0 Å². The summed E-state index contributed by atoms with van der Waals surface area (Å²) >= 11 is 0. The van der Waals surface area contributed by atoms with Gasteiger partial charge in [-0.25, -0.2) is 18.7 Å². The first kappa shape index (κ1) is 19.9. The quantitative estimate of drug-likeness (QED) is 0.399. The van der Waals surface area contributed by atoms with Crippen molar-refractivity contribution in [2.24, 2.45) is 0 Å². The van der Waals surface area contributed by atoms with Crippen LogP contribution in [0.3, 0.4) is 0 Å². The van der Waals surface area contributed by atoms with Crippen LogP contribution in [0, 0.1) is 11.6 Å². The SMILES string of the molecule is Oc1c(Cc2ccc(F)cc2F)nc2c(Cc3ccccc3)nc(-c3ccccc3)cn12. The van der Waals surface area contributed by atoms with Crippen molar-refractivity contribution in [1.82, 2.24) is 14.4 Å². The predicted octanol–water partition coefficient (Wildman–Crippen LogP) is 5.56. The van der Waals surface area contributed by atoms with Crippen molar-refractivity contribution in [2.75, 3.05) is 0 Å². The summed E-state index contributed by atoms with van der Waals surface area (Å²) in [7, 11) is 0. The highest BCUT2D eigenvalue weighted by Crippen LogP contribution is 2.28. The van der Waals surface area contributed by atoms with E-state index in [4.69, 9.17) is 4.98 Å². The van der Waals surface area contributed by atoms with E-state index in [0.717, 1.165) is 17.2 Å². The molecule has 32 heavy (non-hydrogen) atoms. The summed E-state index contributed by atoms with van der Waals surface area (Å²) in [4.78, 5) is 9.43. The summed E-state index contributed by atoms with van der Waals surface area (Å²) in [6.45, 7) is 0. The standard InChI is InChI=1S/C26H19F2N3O/c27-20-12-11-19(21(28)15-20)14-23-26(32)31-16-24(18-9-5-2-6-10-18)29-22(25(31)30-23)13-17-7-3-1-4-8-17/h1-12,15-16,32H,13-14H2. The van der Waals surface area contributed by atoms with Crippen LogP contribution in [-0.4, -0.2) is 19.5 Å². The van der Waals surface area contributed by atoms with Gasteiger partial charge in [-0.3, -0.25) is 4.40 Å². The largest absolute Gasteiger partial charge is 0.493 e. The minimum Gasteiger partial charge on any atom is -0.493 e. The number of aromatic hydroxyl groups is 1. The van der Waals surface area contributed by atoms with Crippen LogP contribution in [0.4, 0.5) is 8.78 Å². The Kier molecular flexibility index (Phi) is 5.11. The number of hydrogen-bond donors (Lipinski definition) is 1. The molecule has 0 fully saturated rings. The Morgan fingerprint density at radius 3 is 2.22 bits per heavy atom. The van der Waals surface area contributed by atoms with Crippen molar-refractivity contribution in [3.05, 3.63) is 119 Å². The van der Waals surface area contributed by atoms with E-state index in [1.807, 2.05) is 60.7 Å². The Labute approximate surface area is 183 Å². The van der Waals surface area contributed by atoms with E-state index < -0.39 is 11.6 Å². The van der Waals surface area contributed by atoms with Gasteiger partial charge in [-0.2, -0.15) is 0 Å². The summed E-state index contributed by atoms with van der Waals surface area (Å²) in [6.07, 6.45) is 2.28. The van der Waals surface area contributed by atoms with Crippen LogP contribution < -0.4 is 0 Å². The molecule has 0 bridgehead atoms. The highest BCUT2D eigenvalue weighted by atomic mass is 19.1. The van der Waals surface area contributed by atoms with Crippen molar-refractivity contribution in [3.63, 3.8) is 0 Å². The van der Waals surface area contributed by atoms with Gasteiger partial charge in [0.2, 0.25) is 5.88 Å². The van der Waals surface area contributed by atoms with Gasteiger partial charge >= 0.3 is 0 Å². The van der Waals surface area contributed by atoms with E-state index >= 15 is 0 Å². The van der Waals surface area contributed by atoms with Gasteiger partial charge in [-0.1, -0.05) is 66.7 Å². The lowest BCUT2D eigenvalue weighted by atomic mass is 10.1. The number of halogens is 2. The molecule has 2 heterocycles. The second-order valence-corrected chi connectivity index (χ2v) is 7.59. The lowest BCUT2D eigenvalue weighted by molar-refractivity contribution is 0.442. The van der Waals surface area contributed by atoms with Gasteiger partial charge in [0, 0.05) is 30.7 Å². The summed E-state index contributed by atoms with van der Waals surface area (Å²) in [5.74, 6) is -1.40. The molecule has 0 spiro atoms. The lowest BCUT2D eigenvalue weighted by Crippen LogP contribution is -2.00. The molecule has 0 aliphatic carbocycles. The molecular weight excluding hydrogens is 408 g/mol. The zero-order chi connectivity index (χ0) is 22.1. The average molecular weight is 427 g/mol. The van der Waals surface area contributed by atoms with Gasteiger partial charge in [-0.05, 0) is 17.2 Å². The monoisotopic (exact) mass is 427 g/mol. The number of imidazole rings is 1. The molecule has 3 aromatic carbocycles. The average Bonchev–Trinajstić information content (AvgIpc) is 3.13. The highest BCUT2D eigenvalue weighted by molar-refractivity contribution is 5.63. The minimum atomic E-state index is -0.672. The predicted molar refractivity (Wildman–Crippen MR) is 118 cm³/mol. The van der Waals surface area contributed by atoms with Crippen molar-refractivity contribution in [2.45, 2.75) is 12.8 Å². The van der Waals surface area contributed by atoms with Gasteiger partial charge in [0.15, 0.2) is 5.65 Å². The second kappa shape index (κ2) is 8.23. The van der Waals surface area contributed by atoms with E-state index in [-0.39, 0.29) is 17.9 Å². The Morgan fingerprint density at radius 1 is 0.781 bits per heavy atom. The van der Waals surface area contributed by atoms with Gasteiger partial charge in [-0.15, -0.1) is 0 Å². The molecule has 0 atom stereocenters. The van der Waals surface area contributed by atoms with Crippen LogP contribution in [0.1, 0.15) is 22.5 Å². The lowest BCUT2D eigenvalue weighted by Gasteiger charge is -2.08. The number of rotatable bonds is 5. The summed E-state index contributed by atoms with van der Waals surface area (Å²) in [5.41, 5.74) is 4.41. The molecule has 6 heteroatoms. The third-order valence-corrected chi connectivity index (χ3v) is 5.38. The maximum absolute atomic E-state index is 14.2. The van der Waals surface area contributed by atoms with Crippen LogP contribution in [-0.2, 0) is 12.8 Å². The number of nitrogens with zero attached hydrogens (tertiary/aromatic N) is 3. The molecule has 2 aromatic heterocycles. The normalized spacial score (nSPS) is 11.2. The fourth-order valence-corrected chi connectivity index (χ4v) is 3.76. The zero-order valence-corrected chi connectivity index (χ0v) is 17.0. The molecule has 0 amide bonds. The number of fused-ring (bicyclic) bond motifs is 1.